The van der Waals surface area contributed by atoms with Crippen LogP contribution in [0.4, 0.5) is 0 Å². The first-order valence-electron chi connectivity index (χ1n) is 10.1. The molecule has 2 aromatic heterocycles. The Kier molecular flexibility index (Phi) is 5.76. The highest BCUT2D eigenvalue weighted by Crippen LogP contribution is 2.43. The van der Waals surface area contributed by atoms with Gasteiger partial charge in [0.15, 0.2) is 5.79 Å². The topological polar surface area (TPSA) is 62.6 Å². The van der Waals surface area contributed by atoms with Gasteiger partial charge in [-0.15, -0.1) is 0 Å². The van der Waals surface area contributed by atoms with Gasteiger partial charge in [-0.25, -0.2) is 9.78 Å². The first-order valence-corrected chi connectivity index (χ1v) is 11.2. The van der Waals surface area contributed by atoms with E-state index >= 15 is 0 Å². The first-order chi connectivity index (χ1) is 13.6. The average molecular weight is 451 g/mol. The van der Waals surface area contributed by atoms with Crippen LogP contribution < -0.4 is 0 Å². The number of esters is 1. The summed E-state index contributed by atoms with van der Waals surface area (Å²) in [5.74, 6) is -0.165. The van der Waals surface area contributed by atoms with Crippen molar-refractivity contribution in [2.45, 2.75) is 56.7 Å². The van der Waals surface area contributed by atoms with E-state index in [-0.39, 0.29) is 17.8 Å². The van der Waals surface area contributed by atoms with Gasteiger partial charge in [0.05, 0.1) is 25.4 Å². The number of halogens is 1. The number of rotatable bonds is 5. The summed E-state index contributed by atoms with van der Waals surface area (Å²) in [4.78, 5) is 17.3. The summed E-state index contributed by atoms with van der Waals surface area (Å²) in [5.41, 5.74) is 2.41. The molecular formula is C21H27BrN2O4. The summed E-state index contributed by atoms with van der Waals surface area (Å²) >= 11 is 3.60. The Bertz CT molecular complexity index is 849. The van der Waals surface area contributed by atoms with Gasteiger partial charge in [-0.1, -0.05) is 15.9 Å². The van der Waals surface area contributed by atoms with Gasteiger partial charge in [0.25, 0.3) is 0 Å². The van der Waals surface area contributed by atoms with Gasteiger partial charge in [0.1, 0.15) is 5.65 Å². The van der Waals surface area contributed by atoms with Crippen molar-refractivity contribution >= 4 is 32.9 Å². The quantitative estimate of drug-likeness (QED) is 0.491. The second-order valence-corrected chi connectivity index (χ2v) is 8.17. The lowest BCUT2D eigenvalue weighted by atomic mass is 9.81. The minimum absolute atomic E-state index is 0.215. The molecule has 2 aliphatic rings. The molecule has 6 nitrogen and oxygen atoms in total. The molecule has 1 atom stereocenters. The van der Waals surface area contributed by atoms with E-state index < -0.39 is 0 Å². The molecule has 0 aromatic carbocycles. The molecule has 1 saturated heterocycles. The van der Waals surface area contributed by atoms with Crippen LogP contribution in [0.3, 0.4) is 0 Å². The lowest BCUT2D eigenvalue weighted by molar-refractivity contribution is -0.184. The van der Waals surface area contributed by atoms with E-state index in [9.17, 15) is 4.79 Å². The third kappa shape index (κ3) is 3.37. The monoisotopic (exact) mass is 450 g/mol. The van der Waals surface area contributed by atoms with Gasteiger partial charge >= 0.3 is 5.97 Å². The Balaban J connectivity index is 1.69. The predicted molar refractivity (Wildman–Crippen MR) is 110 cm³/mol. The first kappa shape index (κ1) is 19.9. The molecule has 1 saturated carbocycles. The minimum atomic E-state index is -0.360. The van der Waals surface area contributed by atoms with Gasteiger partial charge in [0.2, 0.25) is 0 Å². The fourth-order valence-electron chi connectivity index (χ4n) is 4.75. The van der Waals surface area contributed by atoms with Crippen LogP contribution in [-0.4, -0.2) is 41.1 Å². The summed E-state index contributed by atoms with van der Waals surface area (Å²) < 4.78 is 19.3. The van der Waals surface area contributed by atoms with Gasteiger partial charge in [-0.3, -0.25) is 0 Å². The fourth-order valence-corrected chi connectivity index (χ4v) is 5.30. The maximum absolute atomic E-state index is 12.7. The zero-order valence-corrected chi connectivity index (χ0v) is 18.0. The lowest BCUT2D eigenvalue weighted by Gasteiger charge is -2.38. The van der Waals surface area contributed by atoms with E-state index in [4.69, 9.17) is 14.2 Å². The van der Waals surface area contributed by atoms with Crippen LogP contribution in [0.1, 0.15) is 61.6 Å². The molecule has 4 rings (SSSR count). The molecule has 2 fully saturated rings. The Morgan fingerprint density at radius 1 is 1.39 bits per heavy atom. The smallest absolute Gasteiger partial charge is 0.340 e. The van der Waals surface area contributed by atoms with E-state index in [2.05, 4.69) is 32.4 Å². The summed E-state index contributed by atoms with van der Waals surface area (Å²) in [6.45, 7) is 5.81. The molecule has 0 bridgehead atoms. The van der Waals surface area contributed by atoms with Gasteiger partial charge in [-0.2, -0.15) is 0 Å². The normalized spacial score (nSPS) is 20.7. The molecule has 0 N–H and O–H groups in total. The standard InChI is InChI=1S/C21H27BrN2O4/c1-3-26-20(25)18-16-5-4-10-23-19(16)24(17(18)13-22)14(2)15-6-8-21(9-7-15)27-11-12-28-21/h4-5,10,14-15H,3,6-9,11-13H2,1-2H3/t14-/m1/s1. The maximum atomic E-state index is 12.7. The second kappa shape index (κ2) is 8.13. The molecule has 0 radical (unpaired) electrons. The van der Waals surface area contributed by atoms with Crippen molar-refractivity contribution in [3.63, 3.8) is 0 Å². The number of hydrogen-bond acceptors (Lipinski definition) is 5. The van der Waals surface area contributed by atoms with Crippen LogP contribution >= 0.6 is 15.9 Å². The molecule has 0 amide bonds. The van der Waals surface area contributed by atoms with Crippen molar-refractivity contribution in [2.24, 2.45) is 5.92 Å². The highest BCUT2D eigenvalue weighted by atomic mass is 79.9. The third-order valence-electron chi connectivity index (χ3n) is 6.16. The second-order valence-electron chi connectivity index (χ2n) is 7.61. The number of hydrogen-bond donors (Lipinski definition) is 0. The summed E-state index contributed by atoms with van der Waals surface area (Å²) in [6.07, 6.45) is 5.69. The summed E-state index contributed by atoms with van der Waals surface area (Å²) in [7, 11) is 0. The Labute approximate surface area is 173 Å². The molecule has 1 spiro atoms. The van der Waals surface area contributed by atoms with Crippen LogP contribution in [-0.2, 0) is 19.5 Å². The van der Waals surface area contributed by atoms with Crippen molar-refractivity contribution in [1.29, 1.82) is 0 Å². The number of aromatic nitrogens is 2. The van der Waals surface area contributed by atoms with Gasteiger partial charge in [0, 0.05) is 41.5 Å². The summed E-state index contributed by atoms with van der Waals surface area (Å²) in [5, 5.41) is 1.43. The van der Waals surface area contributed by atoms with Crippen molar-refractivity contribution < 1.29 is 19.0 Å². The van der Waals surface area contributed by atoms with Crippen molar-refractivity contribution in [2.75, 3.05) is 19.8 Å². The van der Waals surface area contributed by atoms with Crippen molar-refractivity contribution in [1.82, 2.24) is 9.55 Å². The molecule has 2 aromatic rings. The van der Waals surface area contributed by atoms with Gasteiger partial charge in [-0.05, 0) is 44.7 Å². The SMILES string of the molecule is CCOC(=O)c1c(CBr)n([C@H](C)C2CCC3(CC2)OCCO3)c2ncccc12. The molecular weight excluding hydrogens is 424 g/mol. The number of ether oxygens (including phenoxy) is 3. The number of carbonyl (C=O) groups excluding carboxylic acids is 1. The minimum Gasteiger partial charge on any atom is -0.462 e. The van der Waals surface area contributed by atoms with E-state index in [1.165, 1.54) is 0 Å². The fraction of sp³-hybridized carbons (Fsp3) is 0.619. The van der Waals surface area contributed by atoms with Crippen LogP contribution in [0.25, 0.3) is 11.0 Å². The number of pyridine rings is 1. The molecule has 152 valence electrons. The zero-order chi connectivity index (χ0) is 19.7. The molecule has 7 heteroatoms. The van der Waals surface area contributed by atoms with Crippen LogP contribution in [0.2, 0.25) is 0 Å². The number of fused-ring (bicyclic) bond motifs is 1. The molecule has 3 heterocycles. The van der Waals surface area contributed by atoms with E-state index in [0.29, 0.717) is 36.6 Å². The van der Waals surface area contributed by atoms with E-state index in [1.54, 1.807) is 6.20 Å². The number of alkyl halides is 1. The van der Waals surface area contributed by atoms with E-state index in [1.807, 2.05) is 19.1 Å². The molecule has 0 unspecified atom stereocenters. The average Bonchev–Trinajstić information content (AvgIpc) is 3.30. The van der Waals surface area contributed by atoms with Crippen LogP contribution in [0, 0.1) is 5.92 Å². The maximum Gasteiger partial charge on any atom is 0.340 e. The molecule has 1 aliphatic carbocycles. The Hall–Kier alpha value is -1.44. The predicted octanol–water partition coefficient (Wildman–Crippen LogP) is 4.60. The number of carbonyl (C=O) groups is 1. The highest BCUT2D eigenvalue weighted by molar-refractivity contribution is 9.08. The van der Waals surface area contributed by atoms with Crippen molar-refractivity contribution in [3.05, 3.63) is 29.6 Å². The Morgan fingerprint density at radius 3 is 2.75 bits per heavy atom. The molecule has 1 aliphatic heterocycles. The van der Waals surface area contributed by atoms with Crippen molar-refractivity contribution in [3.8, 4) is 0 Å². The van der Waals surface area contributed by atoms with Gasteiger partial charge < -0.3 is 18.8 Å². The largest absolute Gasteiger partial charge is 0.462 e. The number of nitrogens with zero attached hydrogens (tertiary/aromatic N) is 2. The lowest BCUT2D eigenvalue weighted by Crippen LogP contribution is -2.37. The zero-order valence-electron chi connectivity index (χ0n) is 16.4. The highest BCUT2D eigenvalue weighted by Gasteiger charge is 2.42. The Morgan fingerprint density at radius 2 is 2.11 bits per heavy atom. The molecule has 28 heavy (non-hydrogen) atoms. The van der Waals surface area contributed by atoms with Crippen LogP contribution in [0.5, 0.6) is 0 Å². The van der Waals surface area contributed by atoms with Crippen LogP contribution in [0.15, 0.2) is 18.3 Å². The third-order valence-corrected chi connectivity index (χ3v) is 6.70. The summed E-state index contributed by atoms with van der Waals surface area (Å²) in [6, 6.07) is 4.05. The van der Waals surface area contributed by atoms with E-state index in [0.717, 1.165) is 42.4 Å².